The number of phenolic OH excluding ortho intramolecular Hbond substituents is 1. The van der Waals surface area contributed by atoms with Gasteiger partial charge >= 0.3 is 5.97 Å². The fraction of sp³-hybridized carbons (Fsp3) is 0.364. The molecular formula is C11H12F2O4. The Morgan fingerprint density at radius 2 is 2.18 bits per heavy atom. The van der Waals surface area contributed by atoms with Crippen LogP contribution in [-0.4, -0.2) is 29.0 Å². The zero-order valence-corrected chi connectivity index (χ0v) is 9.06. The zero-order chi connectivity index (χ0) is 13.0. The molecule has 2 unspecified atom stereocenters. The topological polar surface area (TPSA) is 66.8 Å². The molecule has 1 aromatic rings. The minimum Gasteiger partial charge on any atom is -0.505 e. The van der Waals surface area contributed by atoms with Gasteiger partial charge in [0.1, 0.15) is 6.10 Å². The van der Waals surface area contributed by atoms with Crippen molar-refractivity contribution in [1.29, 1.82) is 0 Å². The van der Waals surface area contributed by atoms with Gasteiger partial charge in [-0.2, -0.15) is 0 Å². The number of rotatable bonds is 4. The van der Waals surface area contributed by atoms with E-state index in [0.29, 0.717) is 0 Å². The third kappa shape index (κ3) is 3.13. The van der Waals surface area contributed by atoms with Crippen LogP contribution < -0.4 is 0 Å². The molecule has 0 saturated heterocycles. The largest absolute Gasteiger partial charge is 0.505 e. The normalized spacial score (nSPS) is 14.1. The van der Waals surface area contributed by atoms with Gasteiger partial charge in [0.25, 0.3) is 0 Å². The number of benzene rings is 1. The van der Waals surface area contributed by atoms with E-state index in [0.717, 1.165) is 18.2 Å². The lowest BCUT2D eigenvalue weighted by molar-refractivity contribution is -0.153. The number of aliphatic hydroxyl groups excluding tert-OH is 1. The van der Waals surface area contributed by atoms with Crippen LogP contribution in [0.15, 0.2) is 18.2 Å². The molecule has 0 spiro atoms. The smallest absolute Gasteiger partial charge is 0.343 e. The molecule has 17 heavy (non-hydrogen) atoms. The third-order valence-corrected chi connectivity index (χ3v) is 2.10. The quantitative estimate of drug-likeness (QED) is 0.789. The minimum atomic E-state index is -2.29. The maximum absolute atomic E-state index is 13.4. The standard InChI is InChI=1S/C11H12F2O4/c1-2-17-11(16)9(13)10(15)6-3-4-8(14)7(12)5-6/h3-5,9-10,14-15H,2H2,1H3. The first kappa shape index (κ1) is 13.4. The van der Waals surface area contributed by atoms with Crippen LogP contribution in [0.1, 0.15) is 18.6 Å². The van der Waals surface area contributed by atoms with Crippen molar-refractivity contribution in [2.75, 3.05) is 6.61 Å². The van der Waals surface area contributed by atoms with Crippen LogP contribution in [0, 0.1) is 5.82 Å². The van der Waals surface area contributed by atoms with Crippen LogP contribution in [-0.2, 0) is 9.53 Å². The minimum absolute atomic E-state index is 0.0179. The lowest BCUT2D eigenvalue weighted by Gasteiger charge is -2.15. The Kier molecular flexibility index (Phi) is 4.39. The first-order valence-corrected chi connectivity index (χ1v) is 4.94. The lowest BCUT2D eigenvalue weighted by Crippen LogP contribution is -2.26. The Morgan fingerprint density at radius 1 is 1.53 bits per heavy atom. The summed E-state index contributed by atoms with van der Waals surface area (Å²) in [5.74, 6) is -2.83. The first-order chi connectivity index (χ1) is 7.97. The fourth-order valence-corrected chi connectivity index (χ4v) is 1.23. The van der Waals surface area contributed by atoms with Gasteiger partial charge in [-0.1, -0.05) is 6.07 Å². The van der Waals surface area contributed by atoms with E-state index in [1.54, 1.807) is 0 Å². The molecule has 4 nitrogen and oxygen atoms in total. The van der Waals surface area contributed by atoms with Crippen molar-refractivity contribution in [3.05, 3.63) is 29.6 Å². The summed E-state index contributed by atoms with van der Waals surface area (Å²) in [6.45, 7) is 1.48. The summed E-state index contributed by atoms with van der Waals surface area (Å²) in [7, 11) is 0. The molecule has 1 rings (SSSR count). The summed E-state index contributed by atoms with van der Waals surface area (Å²) < 4.78 is 30.7. The average Bonchev–Trinajstić information content (AvgIpc) is 2.31. The number of halogens is 2. The van der Waals surface area contributed by atoms with E-state index in [2.05, 4.69) is 4.74 Å². The van der Waals surface area contributed by atoms with E-state index < -0.39 is 29.8 Å². The Morgan fingerprint density at radius 3 is 2.71 bits per heavy atom. The molecule has 0 radical (unpaired) electrons. The van der Waals surface area contributed by atoms with Gasteiger partial charge in [0.05, 0.1) is 6.61 Å². The van der Waals surface area contributed by atoms with Crippen molar-refractivity contribution in [2.24, 2.45) is 0 Å². The number of carbonyl (C=O) groups is 1. The number of aliphatic hydroxyl groups is 1. The van der Waals surface area contributed by atoms with Crippen LogP contribution in [0.2, 0.25) is 0 Å². The second-order valence-electron chi connectivity index (χ2n) is 3.31. The van der Waals surface area contributed by atoms with Crippen molar-refractivity contribution in [1.82, 2.24) is 0 Å². The summed E-state index contributed by atoms with van der Waals surface area (Å²) in [6, 6.07) is 2.84. The molecule has 2 N–H and O–H groups in total. The molecule has 94 valence electrons. The second kappa shape index (κ2) is 5.58. The van der Waals surface area contributed by atoms with Gasteiger partial charge in [-0.05, 0) is 24.6 Å². The molecule has 0 bridgehead atoms. The monoisotopic (exact) mass is 246 g/mol. The molecule has 6 heteroatoms. The van der Waals surface area contributed by atoms with E-state index in [4.69, 9.17) is 5.11 Å². The van der Waals surface area contributed by atoms with Gasteiger partial charge < -0.3 is 14.9 Å². The van der Waals surface area contributed by atoms with Gasteiger partial charge in [-0.15, -0.1) is 0 Å². The fourth-order valence-electron chi connectivity index (χ4n) is 1.23. The molecule has 1 aromatic carbocycles. The van der Waals surface area contributed by atoms with Crippen molar-refractivity contribution in [3.63, 3.8) is 0 Å². The summed E-state index contributed by atoms with van der Waals surface area (Å²) in [5, 5.41) is 18.4. The van der Waals surface area contributed by atoms with Gasteiger partial charge in [0, 0.05) is 0 Å². The molecule has 0 saturated carbocycles. The molecular weight excluding hydrogens is 234 g/mol. The molecule has 0 aliphatic heterocycles. The first-order valence-electron chi connectivity index (χ1n) is 4.94. The number of hydrogen-bond donors (Lipinski definition) is 2. The number of hydrogen-bond acceptors (Lipinski definition) is 4. The highest BCUT2D eigenvalue weighted by atomic mass is 19.1. The molecule has 0 aliphatic rings. The number of alkyl halides is 1. The number of ether oxygens (including phenoxy) is 1. The van der Waals surface area contributed by atoms with E-state index in [-0.39, 0.29) is 12.2 Å². The predicted octanol–water partition coefficient (Wildman–Crippen LogP) is 1.47. The summed E-state index contributed by atoms with van der Waals surface area (Å²) >= 11 is 0. The Bertz CT molecular complexity index is 408. The lowest BCUT2D eigenvalue weighted by atomic mass is 10.1. The van der Waals surface area contributed by atoms with Crippen molar-refractivity contribution >= 4 is 5.97 Å². The molecule has 2 atom stereocenters. The van der Waals surface area contributed by atoms with Crippen molar-refractivity contribution in [3.8, 4) is 5.75 Å². The number of aromatic hydroxyl groups is 1. The maximum atomic E-state index is 13.4. The SMILES string of the molecule is CCOC(=O)C(F)C(O)c1ccc(O)c(F)c1. The van der Waals surface area contributed by atoms with Crippen LogP contribution >= 0.6 is 0 Å². The third-order valence-electron chi connectivity index (χ3n) is 2.10. The van der Waals surface area contributed by atoms with Gasteiger partial charge in [-0.3, -0.25) is 0 Å². The van der Waals surface area contributed by atoms with Crippen molar-refractivity contribution in [2.45, 2.75) is 19.2 Å². The average molecular weight is 246 g/mol. The molecule has 0 amide bonds. The summed E-state index contributed by atoms with van der Waals surface area (Å²) in [4.78, 5) is 11.0. The molecule has 0 aliphatic carbocycles. The second-order valence-corrected chi connectivity index (χ2v) is 3.31. The number of phenols is 1. The molecule has 0 fully saturated rings. The highest BCUT2D eigenvalue weighted by Crippen LogP contribution is 2.24. The highest BCUT2D eigenvalue weighted by molar-refractivity contribution is 5.75. The summed E-state index contributed by atoms with van der Waals surface area (Å²) in [6.07, 6.45) is -4.12. The van der Waals surface area contributed by atoms with Gasteiger partial charge in [0.15, 0.2) is 11.6 Å². The van der Waals surface area contributed by atoms with Crippen LogP contribution in [0.25, 0.3) is 0 Å². The highest BCUT2D eigenvalue weighted by Gasteiger charge is 2.29. The van der Waals surface area contributed by atoms with E-state index in [9.17, 15) is 18.7 Å². The van der Waals surface area contributed by atoms with Gasteiger partial charge in [0.2, 0.25) is 6.17 Å². The van der Waals surface area contributed by atoms with Crippen LogP contribution in [0.5, 0.6) is 5.75 Å². The predicted molar refractivity (Wildman–Crippen MR) is 54.6 cm³/mol. The van der Waals surface area contributed by atoms with E-state index in [1.807, 2.05) is 0 Å². The van der Waals surface area contributed by atoms with Crippen molar-refractivity contribution < 1.29 is 28.5 Å². The Balaban J connectivity index is 2.84. The summed E-state index contributed by atoms with van der Waals surface area (Å²) in [5.41, 5.74) is -0.152. The van der Waals surface area contributed by atoms with E-state index >= 15 is 0 Å². The van der Waals surface area contributed by atoms with Crippen LogP contribution in [0.4, 0.5) is 8.78 Å². The molecule has 0 aromatic heterocycles. The molecule has 0 heterocycles. The Labute approximate surface area is 96.5 Å². The maximum Gasteiger partial charge on any atom is 0.343 e. The zero-order valence-electron chi connectivity index (χ0n) is 9.06. The van der Waals surface area contributed by atoms with Gasteiger partial charge in [-0.25, -0.2) is 13.6 Å². The number of esters is 1. The van der Waals surface area contributed by atoms with Crippen LogP contribution in [0.3, 0.4) is 0 Å². The Hall–Kier alpha value is -1.69. The van der Waals surface area contributed by atoms with E-state index in [1.165, 1.54) is 6.92 Å². The number of carbonyl (C=O) groups excluding carboxylic acids is 1.